The molecule has 0 bridgehead atoms. The highest BCUT2D eigenvalue weighted by molar-refractivity contribution is 5.92. The second kappa shape index (κ2) is 9.19. The van der Waals surface area contributed by atoms with Crippen molar-refractivity contribution >= 4 is 23.0 Å². The van der Waals surface area contributed by atoms with E-state index in [1.165, 1.54) is 0 Å². The van der Waals surface area contributed by atoms with Crippen LogP contribution in [0.4, 0.5) is 4.79 Å². The van der Waals surface area contributed by atoms with E-state index >= 15 is 0 Å². The number of rotatable bonds is 4. The minimum atomic E-state index is -0.385. The number of hydrogen-bond donors (Lipinski definition) is 0. The third kappa shape index (κ3) is 4.56. The Morgan fingerprint density at radius 1 is 1.09 bits per heavy atom. The van der Waals surface area contributed by atoms with Crippen molar-refractivity contribution in [2.24, 2.45) is 0 Å². The van der Waals surface area contributed by atoms with Crippen LogP contribution in [-0.2, 0) is 16.0 Å². The maximum atomic E-state index is 12.9. The van der Waals surface area contributed by atoms with Crippen LogP contribution in [0, 0.1) is 13.8 Å². The summed E-state index contributed by atoms with van der Waals surface area (Å²) in [5, 5.41) is 0.694. The summed E-state index contributed by atoms with van der Waals surface area (Å²) in [6, 6.07) is 1.80. The number of carbonyl (C=O) groups excluding carboxylic acids is 2. The van der Waals surface area contributed by atoms with Gasteiger partial charge in [0.2, 0.25) is 0 Å². The van der Waals surface area contributed by atoms with Crippen LogP contribution in [0.2, 0.25) is 0 Å². The molecule has 184 valence electrons. The Morgan fingerprint density at radius 3 is 2.44 bits per heavy atom. The van der Waals surface area contributed by atoms with Crippen LogP contribution in [-0.4, -0.2) is 66.8 Å². The fraction of sp³-hybridized carbons (Fsp3) is 0.560. The van der Waals surface area contributed by atoms with Gasteiger partial charge in [0.1, 0.15) is 22.7 Å². The zero-order valence-electron chi connectivity index (χ0n) is 20.5. The van der Waals surface area contributed by atoms with Gasteiger partial charge in [0, 0.05) is 43.4 Å². The number of aryl methyl sites for hydroxylation is 2. The van der Waals surface area contributed by atoms with E-state index < -0.39 is 0 Å². The third-order valence-electron chi connectivity index (χ3n) is 6.62. The molecule has 0 spiro atoms. The van der Waals surface area contributed by atoms with Crippen molar-refractivity contribution in [2.45, 2.75) is 53.1 Å². The van der Waals surface area contributed by atoms with E-state index in [0.29, 0.717) is 67.2 Å². The normalized spacial score (nSPS) is 17.2. The summed E-state index contributed by atoms with van der Waals surface area (Å²) in [6.07, 6.45) is 1.15. The van der Waals surface area contributed by atoms with Gasteiger partial charge in [-0.05, 0) is 53.0 Å². The fourth-order valence-corrected chi connectivity index (χ4v) is 4.43. The highest BCUT2D eigenvalue weighted by Gasteiger charge is 2.31. The molecule has 1 fully saturated rings. The van der Waals surface area contributed by atoms with Gasteiger partial charge in [-0.2, -0.15) is 0 Å². The molecule has 1 saturated heterocycles. The maximum Gasteiger partial charge on any atom is 0.409 e. The van der Waals surface area contributed by atoms with Gasteiger partial charge in [0.05, 0.1) is 12.0 Å². The van der Waals surface area contributed by atoms with Crippen molar-refractivity contribution in [1.29, 1.82) is 0 Å². The Labute approximate surface area is 198 Å². The topological polar surface area (TPSA) is 98.5 Å². The molecule has 9 nitrogen and oxygen atoms in total. The van der Waals surface area contributed by atoms with Crippen LogP contribution in [0.1, 0.15) is 43.9 Å². The molecule has 1 aromatic heterocycles. The molecule has 2 aliphatic rings. The maximum absolute atomic E-state index is 12.9. The van der Waals surface area contributed by atoms with Gasteiger partial charge < -0.3 is 28.4 Å². The summed E-state index contributed by atoms with van der Waals surface area (Å²) >= 11 is 0. The number of amides is 2. The second-order valence-corrected chi connectivity index (χ2v) is 9.41. The number of fused-ring (bicyclic) bond motifs is 3. The van der Waals surface area contributed by atoms with E-state index in [2.05, 4.69) is 0 Å². The van der Waals surface area contributed by atoms with Crippen molar-refractivity contribution in [3.8, 4) is 11.5 Å². The van der Waals surface area contributed by atoms with Gasteiger partial charge in [0.15, 0.2) is 6.61 Å². The molecule has 1 aromatic carbocycles. The summed E-state index contributed by atoms with van der Waals surface area (Å²) in [5.74, 6) is 0.886. The first-order chi connectivity index (χ1) is 16.1. The van der Waals surface area contributed by atoms with E-state index in [1.807, 2.05) is 20.8 Å². The molecular formula is C25H32N2O7. The first kappa shape index (κ1) is 23.9. The molecule has 0 radical (unpaired) electrons. The molecular weight excluding hydrogens is 440 g/mol. The molecule has 0 atom stereocenters. The molecule has 0 N–H and O–H groups in total. The number of hydrogen-bond acceptors (Lipinski definition) is 7. The molecule has 9 heteroatoms. The minimum absolute atomic E-state index is 0.172. The van der Waals surface area contributed by atoms with E-state index in [0.717, 1.165) is 17.5 Å². The van der Waals surface area contributed by atoms with Crippen molar-refractivity contribution in [3.05, 3.63) is 33.2 Å². The van der Waals surface area contributed by atoms with Crippen LogP contribution in [0.15, 0.2) is 15.3 Å². The van der Waals surface area contributed by atoms with Gasteiger partial charge in [-0.3, -0.25) is 4.79 Å². The predicted molar refractivity (Wildman–Crippen MR) is 126 cm³/mol. The first-order valence-corrected chi connectivity index (χ1v) is 11.7. The standard InChI is InChI=1S/C25H32N2O7/c1-6-31-24(30)27-11-9-26(10-12-27)20(28)14-32-19-13-18-17(7-8-25(4,5)34-18)22-21(19)15(2)16(3)23(29)33-22/h13H,6-12,14H2,1-5H3. The molecule has 0 aliphatic carbocycles. The molecule has 0 unspecified atom stereocenters. The highest BCUT2D eigenvalue weighted by Crippen LogP contribution is 2.43. The van der Waals surface area contributed by atoms with Crippen molar-refractivity contribution < 1.29 is 28.2 Å². The molecule has 2 amide bonds. The molecule has 3 heterocycles. The monoisotopic (exact) mass is 472 g/mol. The van der Waals surface area contributed by atoms with Crippen LogP contribution >= 0.6 is 0 Å². The van der Waals surface area contributed by atoms with Crippen LogP contribution in [0.5, 0.6) is 11.5 Å². The number of benzene rings is 1. The Kier molecular flexibility index (Phi) is 6.47. The van der Waals surface area contributed by atoms with Crippen LogP contribution in [0.25, 0.3) is 11.0 Å². The molecule has 0 saturated carbocycles. The minimum Gasteiger partial charge on any atom is -0.487 e. The van der Waals surface area contributed by atoms with Crippen molar-refractivity contribution in [3.63, 3.8) is 0 Å². The fourth-order valence-electron chi connectivity index (χ4n) is 4.43. The Bertz CT molecular complexity index is 1180. The van der Waals surface area contributed by atoms with Gasteiger partial charge >= 0.3 is 11.7 Å². The van der Waals surface area contributed by atoms with Gasteiger partial charge in [-0.15, -0.1) is 0 Å². The largest absolute Gasteiger partial charge is 0.487 e. The summed E-state index contributed by atoms with van der Waals surface area (Å²) in [7, 11) is 0. The zero-order chi connectivity index (χ0) is 24.6. The Morgan fingerprint density at radius 2 is 1.76 bits per heavy atom. The average Bonchev–Trinajstić information content (AvgIpc) is 2.80. The summed E-state index contributed by atoms with van der Waals surface area (Å²) in [5.41, 5.74) is 1.85. The number of nitrogens with zero attached hydrogens (tertiary/aromatic N) is 2. The van der Waals surface area contributed by atoms with Gasteiger partial charge in [-0.1, -0.05) is 0 Å². The molecule has 4 rings (SSSR count). The lowest BCUT2D eigenvalue weighted by atomic mass is 9.92. The number of piperazine rings is 1. The number of carbonyl (C=O) groups is 2. The third-order valence-corrected chi connectivity index (χ3v) is 6.62. The van der Waals surface area contributed by atoms with Crippen molar-refractivity contribution in [1.82, 2.24) is 9.80 Å². The average molecular weight is 473 g/mol. The summed E-state index contributed by atoms with van der Waals surface area (Å²) < 4.78 is 22.9. The zero-order valence-corrected chi connectivity index (χ0v) is 20.5. The summed E-state index contributed by atoms with van der Waals surface area (Å²) in [4.78, 5) is 40.4. The van der Waals surface area contributed by atoms with Crippen LogP contribution in [0.3, 0.4) is 0 Å². The highest BCUT2D eigenvalue weighted by atomic mass is 16.6. The SMILES string of the molecule is CCOC(=O)N1CCN(C(=O)COc2cc3c(c4oc(=O)c(C)c(C)c24)CCC(C)(C)O3)CC1. The molecule has 2 aliphatic heterocycles. The lowest BCUT2D eigenvalue weighted by Gasteiger charge is -2.34. The van der Waals surface area contributed by atoms with Gasteiger partial charge in [0.25, 0.3) is 5.91 Å². The lowest BCUT2D eigenvalue weighted by molar-refractivity contribution is -0.134. The smallest absolute Gasteiger partial charge is 0.409 e. The molecule has 34 heavy (non-hydrogen) atoms. The van der Waals surface area contributed by atoms with Crippen LogP contribution < -0.4 is 15.1 Å². The molecule has 2 aromatic rings. The quantitative estimate of drug-likeness (QED) is 0.630. The lowest BCUT2D eigenvalue weighted by Crippen LogP contribution is -2.51. The van der Waals surface area contributed by atoms with E-state index in [-0.39, 0.29) is 29.8 Å². The summed E-state index contributed by atoms with van der Waals surface area (Å²) in [6.45, 7) is 11.2. The Hall–Kier alpha value is -3.23. The predicted octanol–water partition coefficient (Wildman–Crippen LogP) is 3.19. The number of ether oxygens (including phenoxy) is 3. The van der Waals surface area contributed by atoms with E-state index in [9.17, 15) is 14.4 Å². The van der Waals surface area contributed by atoms with Gasteiger partial charge in [-0.25, -0.2) is 9.59 Å². The van der Waals surface area contributed by atoms with E-state index in [1.54, 1.807) is 29.7 Å². The second-order valence-electron chi connectivity index (χ2n) is 9.41. The van der Waals surface area contributed by atoms with E-state index in [4.69, 9.17) is 18.6 Å². The van der Waals surface area contributed by atoms with Crippen molar-refractivity contribution in [2.75, 3.05) is 39.4 Å². The first-order valence-electron chi connectivity index (χ1n) is 11.7. The Balaban J connectivity index is 1.56.